The summed E-state index contributed by atoms with van der Waals surface area (Å²) in [6.45, 7) is 7.32. The largest absolute Gasteiger partial charge is 0.458 e. The first-order chi connectivity index (χ1) is 14.3. The Hall–Kier alpha value is -2.71. The van der Waals surface area contributed by atoms with Crippen molar-refractivity contribution in [1.82, 2.24) is 9.80 Å². The predicted octanol–water partition coefficient (Wildman–Crippen LogP) is 2.31. The number of aryl methyl sites for hydroxylation is 1. The van der Waals surface area contributed by atoms with Gasteiger partial charge in [0, 0.05) is 38.3 Å². The molecular weight excluding hydrogens is 402 g/mol. The van der Waals surface area contributed by atoms with Crippen LogP contribution in [0.5, 0.6) is 0 Å². The molecule has 2 aliphatic rings. The second-order valence-corrected chi connectivity index (χ2v) is 9.33. The fourth-order valence-electron chi connectivity index (χ4n) is 3.80. The average molecular weight is 428 g/mol. The maximum absolute atomic E-state index is 12.3. The van der Waals surface area contributed by atoms with Crippen molar-refractivity contribution in [3.05, 3.63) is 65.2 Å². The van der Waals surface area contributed by atoms with E-state index in [-0.39, 0.29) is 17.0 Å². The third kappa shape index (κ3) is 4.24. The van der Waals surface area contributed by atoms with Crippen molar-refractivity contribution < 1.29 is 17.9 Å². The first kappa shape index (κ1) is 20.6. The normalized spacial score (nSPS) is 19.1. The Bertz CT molecular complexity index is 1070. The number of hydrogen-bond donors (Lipinski definition) is 0. The average Bonchev–Trinajstić information content (AvgIpc) is 3.00. The summed E-state index contributed by atoms with van der Waals surface area (Å²) >= 11 is 0. The molecule has 4 rings (SSSR count). The lowest BCUT2D eigenvalue weighted by molar-refractivity contribution is 0.0221. The van der Waals surface area contributed by atoms with Crippen LogP contribution in [0.4, 0.5) is 0 Å². The van der Waals surface area contributed by atoms with Crippen molar-refractivity contribution in [2.24, 2.45) is 4.40 Å². The molecule has 0 radical (unpaired) electrons. The molecule has 158 valence electrons. The molecule has 0 saturated carbocycles. The summed E-state index contributed by atoms with van der Waals surface area (Å²) in [6, 6.07) is 14.3. The van der Waals surface area contributed by atoms with Gasteiger partial charge in [-0.25, -0.2) is 4.79 Å². The highest BCUT2D eigenvalue weighted by Crippen LogP contribution is 2.27. The maximum Gasteiger partial charge on any atom is 0.338 e. The molecule has 1 fully saturated rings. The zero-order chi connectivity index (χ0) is 21.3. The smallest absolute Gasteiger partial charge is 0.338 e. The maximum atomic E-state index is 12.3. The van der Waals surface area contributed by atoms with Crippen LogP contribution in [0, 0.1) is 6.92 Å². The molecule has 1 saturated heterocycles. The van der Waals surface area contributed by atoms with E-state index in [2.05, 4.69) is 9.30 Å². The molecule has 0 aliphatic carbocycles. The van der Waals surface area contributed by atoms with Gasteiger partial charge in [-0.05, 0) is 38.1 Å². The van der Waals surface area contributed by atoms with E-state index >= 15 is 0 Å². The Morgan fingerprint density at radius 3 is 2.43 bits per heavy atom. The molecule has 2 aliphatic heterocycles. The minimum atomic E-state index is -3.60. The van der Waals surface area contributed by atoms with E-state index in [9.17, 15) is 13.2 Å². The van der Waals surface area contributed by atoms with Crippen LogP contribution in [0.25, 0.3) is 0 Å². The van der Waals surface area contributed by atoms with Crippen LogP contribution >= 0.6 is 0 Å². The van der Waals surface area contributed by atoms with E-state index in [1.165, 1.54) is 0 Å². The molecule has 7 nitrogen and oxygen atoms in total. The van der Waals surface area contributed by atoms with Gasteiger partial charge in [-0.15, -0.1) is 4.40 Å². The fourth-order valence-corrected chi connectivity index (χ4v) is 5.03. The predicted molar refractivity (Wildman–Crippen MR) is 114 cm³/mol. The molecule has 0 unspecified atom stereocenters. The standard InChI is InChI=1S/C22H25N3O4S/c1-16-7-9-18(10-8-16)22(26)29-17(2)15-24-11-13-25(14-12-24)21-19-5-3-4-6-20(19)30(27,28)23-21/h3-10,17H,11-15H2,1-2H3/t17-/m1/s1. The first-order valence-electron chi connectivity index (χ1n) is 10.0. The molecule has 30 heavy (non-hydrogen) atoms. The molecule has 0 bridgehead atoms. The number of carbonyl (C=O) groups is 1. The number of fused-ring (bicyclic) bond motifs is 1. The number of esters is 1. The molecule has 0 N–H and O–H groups in total. The summed E-state index contributed by atoms with van der Waals surface area (Å²) in [6.07, 6.45) is -0.240. The quantitative estimate of drug-likeness (QED) is 0.697. The number of carbonyl (C=O) groups excluding carboxylic acids is 1. The second-order valence-electron chi connectivity index (χ2n) is 7.76. The van der Waals surface area contributed by atoms with Crippen molar-refractivity contribution in [3.8, 4) is 0 Å². The van der Waals surface area contributed by atoms with Crippen LogP contribution in [0.2, 0.25) is 0 Å². The van der Waals surface area contributed by atoms with Gasteiger partial charge in [0.2, 0.25) is 0 Å². The number of nitrogens with zero attached hydrogens (tertiary/aromatic N) is 3. The summed E-state index contributed by atoms with van der Waals surface area (Å²) in [4.78, 5) is 16.8. The molecule has 8 heteroatoms. The molecule has 0 aromatic heterocycles. The Morgan fingerprint density at radius 2 is 1.73 bits per heavy atom. The van der Waals surface area contributed by atoms with Gasteiger partial charge in [0.15, 0.2) is 5.84 Å². The van der Waals surface area contributed by atoms with E-state index in [0.717, 1.165) is 18.7 Å². The number of benzene rings is 2. The molecule has 2 heterocycles. The van der Waals surface area contributed by atoms with Crippen molar-refractivity contribution >= 4 is 21.8 Å². The van der Waals surface area contributed by atoms with E-state index < -0.39 is 10.0 Å². The van der Waals surface area contributed by atoms with Gasteiger partial charge < -0.3 is 9.64 Å². The highest BCUT2D eigenvalue weighted by atomic mass is 32.2. The van der Waals surface area contributed by atoms with Gasteiger partial charge in [0.1, 0.15) is 11.0 Å². The van der Waals surface area contributed by atoms with E-state index in [4.69, 9.17) is 4.74 Å². The topological polar surface area (TPSA) is 79.3 Å². The van der Waals surface area contributed by atoms with Gasteiger partial charge in [0.05, 0.1) is 5.56 Å². The van der Waals surface area contributed by atoms with Crippen LogP contribution in [0.15, 0.2) is 57.8 Å². The zero-order valence-corrected chi connectivity index (χ0v) is 17.9. The summed E-state index contributed by atoms with van der Waals surface area (Å²) in [5.41, 5.74) is 2.32. The molecule has 2 aromatic carbocycles. The Kier molecular flexibility index (Phi) is 5.62. The molecule has 1 atom stereocenters. The first-order valence-corrected chi connectivity index (χ1v) is 11.5. The van der Waals surface area contributed by atoms with E-state index in [1.807, 2.05) is 36.9 Å². The van der Waals surface area contributed by atoms with Gasteiger partial charge in [-0.1, -0.05) is 29.8 Å². The number of hydrogen-bond acceptors (Lipinski definition) is 6. The van der Waals surface area contributed by atoms with E-state index in [1.54, 1.807) is 30.3 Å². The Morgan fingerprint density at radius 1 is 1.07 bits per heavy atom. The molecule has 0 spiro atoms. The summed E-state index contributed by atoms with van der Waals surface area (Å²) in [5.74, 6) is 0.215. The van der Waals surface area contributed by atoms with Crippen molar-refractivity contribution in [2.75, 3.05) is 32.7 Å². The lowest BCUT2D eigenvalue weighted by Gasteiger charge is -2.36. The number of ether oxygens (including phenoxy) is 1. The van der Waals surface area contributed by atoms with Crippen molar-refractivity contribution in [3.63, 3.8) is 0 Å². The molecule has 0 amide bonds. The van der Waals surface area contributed by atoms with Crippen LogP contribution in [0.3, 0.4) is 0 Å². The highest BCUT2D eigenvalue weighted by Gasteiger charge is 2.33. The third-order valence-electron chi connectivity index (χ3n) is 5.40. The number of sulfonamides is 1. The van der Waals surface area contributed by atoms with Gasteiger partial charge in [0.25, 0.3) is 10.0 Å². The van der Waals surface area contributed by atoms with Gasteiger partial charge in [-0.3, -0.25) is 4.90 Å². The third-order valence-corrected chi connectivity index (χ3v) is 6.72. The Balaban J connectivity index is 1.32. The van der Waals surface area contributed by atoms with E-state index in [0.29, 0.717) is 36.6 Å². The number of amidine groups is 1. The van der Waals surface area contributed by atoms with Gasteiger partial charge >= 0.3 is 5.97 Å². The minimum absolute atomic E-state index is 0.240. The summed E-state index contributed by atoms with van der Waals surface area (Å²) in [7, 11) is -3.60. The summed E-state index contributed by atoms with van der Waals surface area (Å²) in [5, 5.41) is 0. The highest BCUT2D eigenvalue weighted by molar-refractivity contribution is 7.90. The van der Waals surface area contributed by atoms with Crippen LogP contribution in [-0.4, -0.2) is 68.9 Å². The Labute approximate surface area is 177 Å². The molecule has 2 aromatic rings. The second kappa shape index (κ2) is 8.20. The van der Waals surface area contributed by atoms with Crippen LogP contribution < -0.4 is 0 Å². The minimum Gasteiger partial charge on any atom is -0.458 e. The van der Waals surface area contributed by atoms with Crippen LogP contribution in [-0.2, 0) is 14.8 Å². The summed E-state index contributed by atoms with van der Waals surface area (Å²) < 4.78 is 34.1. The van der Waals surface area contributed by atoms with Gasteiger partial charge in [-0.2, -0.15) is 8.42 Å². The molecular formula is C22H25N3O4S. The SMILES string of the molecule is Cc1ccc(C(=O)O[C@H](C)CN2CCN(C3=NS(=O)(=O)c4ccccc43)CC2)cc1. The van der Waals surface area contributed by atoms with Crippen LogP contribution in [0.1, 0.15) is 28.4 Å². The number of piperazine rings is 1. The fraction of sp³-hybridized carbons (Fsp3) is 0.364. The van der Waals surface area contributed by atoms with Crippen molar-refractivity contribution in [2.45, 2.75) is 24.8 Å². The lowest BCUT2D eigenvalue weighted by Crippen LogP contribution is -2.50. The van der Waals surface area contributed by atoms with Crippen molar-refractivity contribution in [1.29, 1.82) is 0 Å². The monoisotopic (exact) mass is 427 g/mol. The zero-order valence-electron chi connectivity index (χ0n) is 17.1. The lowest BCUT2D eigenvalue weighted by atomic mass is 10.1. The number of rotatable bonds is 4.